The lowest BCUT2D eigenvalue weighted by Gasteiger charge is -2.19. The van der Waals surface area contributed by atoms with Gasteiger partial charge in [-0.1, -0.05) is 51.5 Å². The lowest BCUT2D eigenvalue weighted by atomic mass is 10.0. The number of hydrogen-bond acceptors (Lipinski definition) is 2. The number of urea groups is 1. The highest BCUT2D eigenvalue weighted by Gasteiger charge is 2.30. The van der Waals surface area contributed by atoms with Gasteiger partial charge < -0.3 is 10.2 Å². The molecule has 3 rings (SSSR count). The van der Waals surface area contributed by atoms with Crippen molar-refractivity contribution in [3.63, 3.8) is 0 Å². The van der Waals surface area contributed by atoms with E-state index < -0.39 is 0 Å². The standard InChI is InChI=1S/C24H31N3O2/c1-4-5-6-19-7-11-21(12-8-19)25-23(28)17-26-15-16-27(24(26)29)22-13-9-20(10-14-22)18(2)3/h7-14,18H,4-6,15-17H2,1-3H3,(H,25,28). The van der Waals surface area contributed by atoms with Crippen LogP contribution < -0.4 is 10.2 Å². The number of carbonyl (C=O) groups is 2. The fourth-order valence-corrected chi connectivity index (χ4v) is 3.52. The summed E-state index contributed by atoms with van der Waals surface area (Å²) in [6, 6.07) is 15.9. The second kappa shape index (κ2) is 9.59. The van der Waals surface area contributed by atoms with Crippen molar-refractivity contribution in [2.45, 2.75) is 46.0 Å². The minimum Gasteiger partial charge on any atom is -0.325 e. The predicted octanol–water partition coefficient (Wildman–Crippen LogP) is 5.03. The molecular weight excluding hydrogens is 362 g/mol. The normalized spacial score (nSPS) is 14.0. The molecule has 2 aromatic carbocycles. The maximum absolute atomic E-state index is 12.7. The van der Waals surface area contributed by atoms with Gasteiger partial charge in [-0.3, -0.25) is 9.69 Å². The molecule has 3 amide bonds. The maximum Gasteiger partial charge on any atom is 0.325 e. The summed E-state index contributed by atoms with van der Waals surface area (Å²) in [7, 11) is 0. The third-order valence-corrected chi connectivity index (χ3v) is 5.36. The van der Waals surface area contributed by atoms with Crippen LogP contribution in [0.25, 0.3) is 0 Å². The highest BCUT2D eigenvalue weighted by molar-refractivity contribution is 5.99. The Kier molecular flexibility index (Phi) is 6.91. The zero-order valence-corrected chi connectivity index (χ0v) is 17.6. The monoisotopic (exact) mass is 393 g/mol. The van der Waals surface area contributed by atoms with Crippen molar-refractivity contribution in [3.8, 4) is 0 Å². The van der Waals surface area contributed by atoms with E-state index >= 15 is 0 Å². The molecule has 0 aromatic heterocycles. The first-order chi connectivity index (χ1) is 14.0. The van der Waals surface area contributed by atoms with Gasteiger partial charge in [0.15, 0.2) is 0 Å². The van der Waals surface area contributed by atoms with Crippen molar-refractivity contribution >= 4 is 23.3 Å². The number of aryl methyl sites for hydroxylation is 1. The molecule has 154 valence electrons. The molecule has 1 heterocycles. The van der Waals surface area contributed by atoms with E-state index in [1.54, 1.807) is 9.80 Å². The van der Waals surface area contributed by atoms with Gasteiger partial charge in [-0.25, -0.2) is 4.79 Å². The Morgan fingerprint density at radius 1 is 1.03 bits per heavy atom. The first kappa shape index (κ1) is 20.9. The topological polar surface area (TPSA) is 52.7 Å². The molecule has 5 nitrogen and oxygen atoms in total. The summed E-state index contributed by atoms with van der Waals surface area (Å²) in [6.45, 7) is 7.69. The number of anilines is 2. The summed E-state index contributed by atoms with van der Waals surface area (Å²) < 4.78 is 0. The SMILES string of the molecule is CCCCc1ccc(NC(=O)CN2CCN(c3ccc(C(C)C)cc3)C2=O)cc1. The summed E-state index contributed by atoms with van der Waals surface area (Å²) in [5.74, 6) is 0.288. The fraction of sp³-hybridized carbons (Fsp3) is 0.417. The van der Waals surface area contributed by atoms with Crippen LogP contribution in [0, 0.1) is 0 Å². The van der Waals surface area contributed by atoms with Gasteiger partial charge in [0.05, 0.1) is 0 Å². The van der Waals surface area contributed by atoms with Crippen molar-refractivity contribution in [2.24, 2.45) is 0 Å². The third-order valence-electron chi connectivity index (χ3n) is 5.36. The molecule has 0 unspecified atom stereocenters. The van der Waals surface area contributed by atoms with E-state index in [0.29, 0.717) is 19.0 Å². The van der Waals surface area contributed by atoms with Crippen molar-refractivity contribution < 1.29 is 9.59 Å². The first-order valence-corrected chi connectivity index (χ1v) is 10.5. The third kappa shape index (κ3) is 5.37. The molecule has 0 saturated carbocycles. The van der Waals surface area contributed by atoms with Crippen LogP contribution in [0.15, 0.2) is 48.5 Å². The van der Waals surface area contributed by atoms with E-state index in [2.05, 4.69) is 50.4 Å². The Hall–Kier alpha value is -2.82. The van der Waals surface area contributed by atoms with Crippen LogP contribution in [-0.2, 0) is 11.2 Å². The lowest BCUT2D eigenvalue weighted by Crippen LogP contribution is -2.37. The number of benzene rings is 2. The molecule has 2 aromatic rings. The highest BCUT2D eigenvalue weighted by atomic mass is 16.2. The summed E-state index contributed by atoms with van der Waals surface area (Å²) in [6.07, 6.45) is 3.39. The van der Waals surface area contributed by atoms with E-state index in [1.807, 2.05) is 24.3 Å². The summed E-state index contributed by atoms with van der Waals surface area (Å²) in [4.78, 5) is 28.5. The largest absolute Gasteiger partial charge is 0.325 e. The summed E-state index contributed by atoms with van der Waals surface area (Å²) >= 11 is 0. The first-order valence-electron chi connectivity index (χ1n) is 10.5. The molecule has 29 heavy (non-hydrogen) atoms. The van der Waals surface area contributed by atoms with Crippen LogP contribution in [0.1, 0.15) is 50.7 Å². The van der Waals surface area contributed by atoms with E-state index in [0.717, 1.165) is 17.8 Å². The van der Waals surface area contributed by atoms with Gasteiger partial charge >= 0.3 is 6.03 Å². The van der Waals surface area contributed by atoms with Crippen molar-refractivity contribution in [1.29, 1.82) is 0 Å². The van der Waals surface area contributed by atoms with E-state index in [4.69, 9.17) is 0 Å². The summed E-state index contributed by atoms with van der Waals surface area (Å²) in [5.41, 5.74) is 4.17. The zero-order chi connectivity index (χ0) is 20.8. The molecule has 0 spiro atoms. The second-order valence-electron chi connectivity index (χ2n) is 7.95. The Balaban J connectivity index is 1.54. The number of amides is 3. The van der Waals surface area contributed by atoms with Crippen molar-refractivity contribution in [1.82, 2.24) is 4.90 Å². The number of rotatable bonds is 8. The minimum absolute atomic E-state index is 0.0665. The molecule has 1 aliphatic heterocycles. The van der Waals surface area contributed by atoms with Gasteiger partial charge in [0.1, 0.15) is 6.54 Å². The van der Waals surface area contributed by atoms with Gasteiger partial charge in [-0.15, -0.1) is 0 Å². The quantitative estimate of drug-likeness (QED) is 0.684. The number of hydrogen-bond donors (Lipinski definition) is 1. The van der Waals surface area contributed by atoms with Gasteiger partial charge in [0, 0.05) is 24.5 Å². The van der Waals surface area contributed by atoms with Gasteiger partial charge in [0.25, 0.3) is 0 Å². The Morgan fingerprint density at radius 2 is 1.72 bits per heavy atom. The maximum atomic E-state index is 12.7. The summed E-state index contributed by atoms with van der Waals surface area (Å²) in [5, 5.41) is 2.90. The van der Waals surface area contributed by atoms with E-state index in [9.17, 15) is 9.59 Å². The van der Waals surface area contributed by atoms with Crippen LogP contribution in [0.3, 0.4) is 0 Å². The average Bonchev–Trinajstić information content (AvgIpc) is 3.07. The van der Waals surface area contributed by atoms with Crippen LogP contribution in [0.2, 0.25) is 0 Å². The molecule has 1 aliphatic rings. The van der Waals surface area contributed by atoms with Gasteiger partial charge in [-0.05, 0) is 54.2 Å². The lowest BCUT2D eigenvalue weighted by molar-refractivity contribution is -0.116. The number of carbonyl (C=O) groups excluding carboxylic acids is 2. The number of nitrogens with one attached hydrogen (secondary N) is 1. The number of nitrogens with zero attached hydrogens (tertiary/aromatic N) is 2. The molecular formula is C24H31N3O2. The highest BCUT2D eigenvalue weighted by Crippen LogP contribution is 2.23. The second-order valence-corrected chi connectivity index (χ2v) is 7.95. The van der Waals surface area contributed by atoms with E-state index in [1.165, 1.54) is 24.0 Å². The van der Waals surface area contributed by atoms with Crippen LogP contribution >= 0.6 is 0 Å². The smallest absolute Gasteiger partial charge is 0.325 e. The molecule has 1 fully saturated rings. The van der Waals surface area contributed by atoms with Crippen LogP contribution in [0.5, 0.6) is 0 Å². The van der Waals surface area contributed by atoms with Crippen molar-refractivity contribution in [2.75, 3.05) is 29.9 Å². The van der Waals surface area contributed by atoms with Gasteiger partial charge in [0.2, 0.25) is 5.91 Å². The zero-order valence-electron chi connectivity index (χ0n) is 17.6. The average molecular weight is 394 g/mol. The molecule has 1 saturated heterocycles. The minimum atomic E-state index is -0.170. The number of unbranched alkanes of at least 4 members (excludes halogenated alkanes) is 1. The van der Waals surface area contributed by atoms with Gasteiger partial charge in [-0.2, -0.15) is 0 Å². The molecule has 0 atom stereocenters. The Morgan fingerprint density at radius 3 is 2.34 bits per heavy atom. The molecule has 1 N–H and O–H groups in total. The van der Waals surface area contributed by atoms with Crippen LogP contribution in [-0.4, -0.2) is 36.5 Å². The Bertz CT molecular complexity index is 828. The van der Waals surface area contributed by atoms with Crippen molar-refractivity contribution in [3.05, 3.63) is 59.7 Å². The Labute approximate surface area is 173 Å². The fourth-order valence-electron chi connectivity index (χ4n) is 3.52. The molecule has 0 radical (unpaired) electrons. The predicted molar refractivity (Wildman–Crippen MR) is 119 cm³/mol. The molecule has 5 heteroatoms. The molecule has 0 bridgehead atoms. The van der Waals surface area contributed by atoms with Crippen LogP contribution in [0.4, 0.5) is 16.2 Å². The van der Waals surface area contributed by atoms with E-state index in [-0.39, 0.29) is 18.5 Å². The molecule has 0 aliphatic carbocycles.